The first-order valence-electron chi connectivity index (χ1n) is 9.91. The van der Waals surface area contributed by atoms with Gasteiger partial charge >= 0.3 is 0 Å². The third-order valence-electron chi connectivity index (χ3n) is 5.62. The Morgan fingerprint density at radius 2 is 1.54 bits per heavy atom. The molecular formula is C25H27NOS. The average molecular weight is 390 g/mol. The normalized spacial score (nSPS) is 16.2. The fourth-order valence-corrected chi connectivity index (χ4v) is 5.19. The summed E-state index contributed by atoms with van der Waals surface area (Å²) in [4.78, 5) is 3.91. The van der Waals surface area contributed by atoms with E-state index in [-0.39, 0.29) is 0 Å². The molecule has 0 N–H and O–H groups in total. The van der Waals surface area contributed by atoms with Gasteiger partial charge in [0.1, 0.15) is 5.75 Å². The molecule has 28 heavy (non-hydrogen) atoms. The number of benzene rings is 3. The minimum Gasteiger partial charge on any atom is -0.497 e. The first-order valence-corrected chi connectivity index (χ1v) is 10.8. The van der Waals surface area contributed by atoms with Gasteiger partial charge in [-0.1, -0.05) is 54.6 Å². The van der Waals surface area contributed by atoms with Crippen LogP contribution in [0.15, 0.2) is 83.8 Å². The smallest absolute Gasteiger partial charge is 0.118 e. The molecule has 3 aromatic carbocycles. The van der Waals surface area contributed by atoms with Crippen LogP contribution in [0.2, 0.25) is 0 Å². The number of methoxy groups -OCH3 is 1. The van der Waals surface area contributed by atoms with Crippen molar-refractivity contribution in [2.45, 2.75) is 36.1 Å². The number of fused-ring (bicyclic) bond motifs is 1. The highest BCUT2D eigenvalue weighted by Crippen LogP contribution is 2.41. The number of hydrogen-bond acceptors (Lipinski definition) is 3. The van der Waals surface area contributed by atoms with Gasteiger partial charge in [-0.3, -0.25) is 4.90 Å². The largest absolute Gasteiger partial charge is 0.497 e. The van der Waals surface area contributed by atoms with Crippen molar-refractivity contribution in [3.63, 3.8) is 0 Å². The zero-order valence-corrected chi connectivity index (χ0v) is 17.4. The summed E-state index contributed by atoms with van der Waals surface area (Å²) in [6.45, 7) is 4.52. The number of rotatable bonds is 6. The molecule has 0 amide bonds. The molecule has 0 unspecified atom stereocenters. The summed E-state index contributed by atoms with van der Waals surface area (Å²) in [5, 5.41) is 0.375. The minimum absolute atomic E-state index is 0.375. The standard InChI is InChI=1S/C25H27NOS/c1-19(26-17-16-20-8-6-7-11-22(20)18-26)25(21-9-4-3-5-10-21)28-24-14-12-23(27-2)13-15-24/h3-15,19,25H,16-18H2,1-2H3/t19-,25-/m1/s1. The third-order valence-corrected chi connectivity index (χ3v) is 7.09. The monoisotopic (exact) mass is 389 g/mol. The first kappa shape index (κ1) is 19.1. The lowest BCUT2D eigenvalue weighted by atomic mass is 9.97. The van der Waals surface area contributed by atoms with Crippen LogP contribution in [0.1, 0.15) is 28.9 Å². The fourth-order valence-electron chi connectivity index (χ4n) is 3.95. The molecule has 0 fully saturated rings. The van der Waals surface area contributed by atoms with Crippen LogP contribution in [-0.2, 0) is 13.0 Å². The second-order valence-corrected chi connectivity index (χ2v) is 8.57. The highest BCUT2D eigenvalue weighted by atomic mass is 32.2. The summed E-state index contributed by atoms with van der Waals surface area (Å²) >= 11 is 1.95. The molecule has 0 aromatic heterocycles. The van der Waals surface area contributed by atoms with E-state index >= 15 is 0 Å². The lowest BCUT2D eigenvalue weighted by molar-refractivity contribution is 0.187. The van der Waals surface area contributed by atoms with Gasteiger partial charge < -0.3 is 4.74 Å². The van der Waals surface area contributed by atoms with Crippen molar-refractivity contribution in [3.8, 4) is 5.75 Å². The third kappa shape index (κ3) is 4.26. The van der Waals surface area contributed by atoms with E-state index in [2.05, 4.69) is 78.6 Å². The predicted molar refractivity (Wildman–Crippen MR) is 118 cm³/mol. The molecular weight excluding hydrogens is 362 g/mol. The summed E-state index contributed by atoms with van der Waals surface area (Å²) in [6.07, 6.45) is 1.13. The Kier molecular flexibility index (Phi) is 6.04. The maximum Gasteiger partial charge on any atom is 0.118 e. The van der Waals surface area contributed by atoms with Gasteiger partial charge in [0.15, 0.2) is 0 Å². The molecule has 0 saturated heterocycles. The molecule has 0 saturated carbocycles. The van der Waals surface area contributed by atoms with Crippen molar-refractivity contribution in [2.75, 3.05) is 13.7 Å². The molecule has 1 heterocycles. The zero-order chi connectivity index (χ0) is 19.3. The van der Waals surface area contributed by atoms with Gasteiger partial charge in [-0.25, -0.2) is 0 Å². The van der Waals surface area contributed by atoms with Crippen LogP contribution in [0.4, 0.5) is 0 Å². The Balaban J connectivity index is 1.58. The van der Waals surface area contributed by atoms with Crippen molar-refractivity contribution in [1.29, 1.82) is 0 Å². The van der Waals surface area contributed by atoms with Crippen molar-refractivity contribution in [2.24, 2.45) is 0 Å². The lowest BCUT2D eigenvalue weighted by Crippen LogP contribution is -2.40. The number of hydrogen-bond donors (Lipinski definition) is 0. The molecule has 0 radical (unpaired) electrons. The second-order valence-electron chi connectivity index (χ2n) is 7.35. The van der Waals surface area contributed by atoms with Crippen molar-refractivity contribution in [3.05, 3.63) is 95.6 Å². The number of ether oxygens (including phenoxy) is 1. The van der Waals surface area contributed by atoms with E-state index in [0.717, 1.165) is 25.3 Å². The molecule has 2 atom stereocenters. The minimum atomic E-state index is 0.375. The van der Waals surface area contributed by atoms with E-state index in [1.807, 2.05) is 23.9 Å². The van der Waals surface area contributed by atoms with Gasteiger partial charge in [0.2, 0.25) is 0 Å². The van der Waals surface area contributed by atoms with Gasteiger partial charge in [0.25, 0.3) is 0 Å². The van der Waals surface area contributed by atoms with Crippen LogP contribution in [-0.4, -0.2) is 24.6 Å². The van der Waals surface area contributed by atoms with Crippen LogP contribution in [0.3, 0.4) is 0 Å². The quantitative estimate of drug-likeness (QED) is 0.482. The van der Waals surface area contributed by atoms with Gasteiger partial charge in [0, 0.05) is 29.3 Å². The van der Waals surface area contributed by atoms with E-state index in [1.54, 1.807) is 7.11 Å². The summed E-state index contributed by atoms with van der Waals surface area (Å²) < 4.78 is 5.32. The maximum absolute atomic E-state index is 5.32. The maximum atomic E-state index is 5.32. The fraction of sp³-hybridized carbons (Fsp3) is 0.280. The summed E-state index contributed by atoms with van der Waals surface area (Å²) in [6, 6.07) is 28.6. The molecule has 144 valence electrons. The van der Waals surface area contributed by atoms with E-state index in [0.29, 0.717) is 11.3 Å². The van der Waals surface area contributed by atoms with E-state index in [9.17, 15) is 0 Å². The van der Waals surface area contributed by atoms with Crippen LogP contribution in [0, 0.1) is 0 Å². The van der Waals surface area contributed by atoms with E-state index in [4.69, 9.17) is 4.74 Å². The summed E-state index contributed by atoms with van der Waals surface area (Å²) in [5.41, 5.74) is 4.36. The molecule has 1 aliphatic rings. The lowest BCUT2D eigenvalue weighted by Gasteiger charge is -2.38. The first-order chi connectivity index (χ1) is 13.7. The molecule has 0 spiro atoms. The highest BCUT2D eigenvalue weighted by Gasteiger charge is 2.28. The van der Waals surface area contributed by atoms with Gasteiger partial charge in [-0.05, 0) is 54.3 Å². The van der Waals surface area contributed by atoms with Crippen LogP contribution >= 0.6 is 11.8 Å². The topological polar surface area (TPSA) is 12.5 Å². The second kappa shape index (κ2) is 8.85. The molecule has 0 bridgehead atoms. The average Bonchev–Trinajstić information content (AvgIpc) is 2.77. The molecule has 2 nitrogen and oxygen atoms in total. The van der Waals surface area contributed by atoms with E-state index in [1.165, 1.54) is 21.6 Å². The molecule has 0 aliphatic carbocycles. The van der Waals surface area contributed by atoms with Gasteiger partial charge in [0.05, 0.1) is 7.11 Å². The molecule has 4 rings (SSSR count). The van der Waals surface area contributed by atoms with Crippen molar-refractivity contribution >= 4 is 11.8 Å². The Morgan fingerprint density at radius 3 is 2.25 bits per heavy atom. The molecule has 3 heteroatoms. The van der Waals surface area contributed by atoms with Crippen LogP contribution < -0.4 is 4.74 Å². The zero-order valence-electron chi connectivity index (χ0n) is 16.5. The Labute approximate surface area is 172 Å². The highest BCUT2D eigenvalue weighted by molar-refractivity contribution is 7.99. The van der Waals surface area contributed by atoms with Crippen LogP contribution in [0.5, 0.6) is 5.75 Å². The Morgan fingerprint density at radius 1 is 0.857 bits per heavy atom. The van der Waals surface area contributed by atoms with Gasteiger partial charge in [-0.15, -0.1) is 11.8 Å². The summed E-state index contributed by atoms with van der Waals surface area (Å²) in [7, 11) is 1.71. The van der Waals surface area contributed by atoms with Crippen LogP contribution in [0.25, 0.3) is 0 Å². The van der Waals surface area contributed by atoms with E-state index < -0.39 is 0 Å². The Hall–Kier alpha value is -2.23. The molecule has 1 aliphatic heterocycles. The van der Waals surface area contributed by atoms with Gasteiger partial charge in [-0.2, -0.15) is 0 Å². The predicted octanol–water partition coefficient (Wildman–Crippen LogP) is 5.98. The number of nitrogens with zero attached hydrogens (tertiary/aromatic N) is 1. The number of thioether (sulfide) groups is 1. The molecule has 3 aromatic rings. The summed E-state index contributed by atoms with van der Waals surface area (Å²) in [5.74, 6) is 0.904. The van der Waals surface area contributed by atoms with Crippen molar-refractivity contribution in [1.82, 2.24) is 4.90 Å². The SMILES string of the molecule is COc1ccc(S[C@@H](c2ccccc2)[C@@H](C)N2CCc3ccccc3C2)cc1. The Bertz CT molecular complexity index is 894. The van der Waals surface area contributed by atoms with Crippen molar-refractivity contribution < 1.29 is 4.74 Å².